The Balaban J connectivity index is 3.79. The SMILES string of the molecule is C=CC[C@H](NC)C(=O)CC. The van der Waals surface area contributed by atoms with Crippen molar-refractivity contribution >= 4 is 5.78 Å². The maximum atomic E-state index is 11.0. The fourth-order valence-electron chi connectivity index (χ4n) is 0.823. The highest BCUT2D eigenvalue weighted by molar-refractivity contribution is 5.83. The molecule has 10 heavy (non-hydrogen) atoms. The predicted octanol–water partition coefficient (Wildman–Crippen LogP) is 1.13. The molecule has 58 valence electrons. The van der Waals surface area contributed by atoms with Gasteiger partial charge in [0.1, 0.15) is 5.78 Å². The van der Waals surface area contributed by atoms with Crippen molar-refractivity contribution in [2.24, 2.45) is 0 Å². The van der Waals surface area contributed by atoms with E-state index in [1.807, 2.05) is 6.92 Å². The van der Waals surface area contributed by atoms with Gasteiger partial charge in [-0.3, -0.25) is 4.79 Å². The zero-order chi connectivity index (χ0) is 7.98. The third-order valence-electron chi connectivity index (χ3n) is 1.49. The van der Waals surface area contributed by atoms with E-state index in [0.29, 0.717) is 6.42 Å². The Hall–Kier alpha value is -0.630. The van der Waals surface area contributed by atoms with Crippen molar-refractivity contribution in [1.29, 1.82) is 0 Å². The molecule has 0 aliphatic rings. The summed E-state index contributed by atoms with van der Waals surface area (Å²) >= 11 is 0. The zero-order valence-electron chi connectivity index (χ0n) is 6.68. The summed E-state index contributed by atoms with van der Waals surface area (Å²) in [5, 5.41) is 2.93. The molecule has 0 unspecified atom stereocenters. The molecule has 0 heterocycles. The number of ketones is 1. The van der Waals surface area contributed by atoms with Gasteiger partial charge in [0, 0.05) is 6.42 Å². The van der Waals surface area contributed by atoms with Gasteiger partial charge < -0.3 is 5.32 Å². The van der Waals surface area contributed by atoms with Crippen molar-refractivity contribution in [2.45, 2.75) is 25.8 Å². The molecule has 0 aromatic carbocycles. The van der Waals surface area contributed by atoms with Crippen molar-refractivity contribution in [1.82, 2.24) is 5.32 Å². The number of Topliss-reactive ketones (excluding diaryl/α,β-unsaturated/α-hetero) is 1. The van der Waals surface area contributed by atoms with Crippen LogP contribution in [0.4, 0.5) is 0 Å². The van der Waals surface area contributed by atoms with Gasteiger partial charge in [-0.1, -0.05) is 13.0 Å². The van der Waals surface area contributed by atoms with Crippen LogP contribution in [0, 0.1) is 0 Å². The number of likely N-dealkylation sites (N-methyl/N-ethyl adjacent to an activating group) is 1. The molecule has 2 nitrogen and oxygen atoms in total. The maximum absolute atomic E-state index is 11.0. The van der Waals surface area contributed by atoms with Crippen LogP contribution in [0.2, 0.25) is 0 Å². The lowest BCUT2D eigenvalue weighted by molar-refractivity contribution is -0.120. The van der Waals surface area contributed by atoms with E-state index < -0.39 is 0 Å². The standard InChI is InChI=1S/C8H15NO/c1-4-6-7(9-3)8(10)5-2/h4,7,9H,1,5-6H2,2-3H3/t7-/m0/s1. The first-order valence-electron chi connectivity index (χ1n) is 3.57. The van der Waals surface area contributed by atoms with E-state index in [2.05, 4.69) is 11.9 Å². The van der Waals surface area contributed by atoms with Crippen molar-refractivity contribution in [3.05, 3.63) is 12.7 Å². The molecule has 1 atom stereocenters. The molecule has 0 aromatic rings. The van der Waals surface area contributed by atoms with Gasteiger partial charge in [-0.2, -0.15) is 0 Å². The van der Waals surface area contributed by atoms with Crippen LogP contribution in [0.25, 0.3) is 0 Å². The maximum Gasteiger partial charge on any atom is 0.149 e. The summed E-state index contributed by atoms with van der Waals surface area (Å²) < 4.78 is 0. The molecule has 0 rings (SSSR count). The second-order valence-corrected chi connectivity index (χ2v) is 2.19. The smallest absolute Gasteiger partial charge is 0.149 e. The Morgan fingerprint density at radius 3 is 2.70 bits per heavy atom. The quantitative estimate of drug-likeness (QED) is 0.581. The van der Waals surface area contributed by atoms with Crippen LogP contribution >= 0.6 is 0 Å². The average molecular weight is 141 g/mol. The summed E-state index contributed by atoms with van der Waals surface area (Å²) in [6, 6.07) is -0.0255. The number of nitrogens with one attached hydrogen (secondary N) is 1. The number of hydrogen-bond donors (Lipinski definition) is 1. The molecule has 0 radical (unpaired) electrons. The second kappa shape index (κ2) is 5.18. The van der Waals surface area contributed by atoms with E-state index in [-0.39, 0.29) is 11.8 Å². The molecular weight excluding hydrogens is 126 g/mol. The minimum atomic E-state index is -0.0255. The molecule has 0 aliphatic carbocycles. The van der Waals surface area contributed by atoms with Crippen LogP contribution in [0.3, 0.4) is 0 Å². The molecule has 0 fully saturated rings. The second-order valence-electron chi connectivity index (χ2n) is 2.19. The summed E-state index contributed by atoms with van der Waals surface area (Å²) in [7, 11) is 1.79. The van der Waals surface area contributed by atoms with Crippen LogP contribution in [-0.4, -0.2) is 18.9 Å². The fraction of sp³-hybridized carbons (Fsp3) is 0.625. The Kier molecular flexibility index (Phi) is 4.85. The Morgan fingerprint density at radius 1 is 1.80 bits per heavy atom. The molecule has 0 saturated carbocycles. The largest absolute Gasteiger partial charge is 0.310 e. The van der Waals surface area contributed by atoms with E-state index in [0.717, 1.165) is 6.42 Å². The zero-order valence-corrected chi connectivity index (χ0v) is 6.68. The molecule has 0 spiro atoms. The van der Waals surface area contributed by atoms with Gasteiger partial charge in [-0.25, -0.2) is 0 Å². The van der Waals surface area contributed by atoms with Crippen LogP contribution in [0.1, 0.15) is 19.8 Å². The lowest BCUT2D eigenvalue weighted by Crippen LogP contribution is -2.32. The van der Waals surface area contributed by atoms with E-state index in [4.69, 9.17) is 0 Å². The molecule has 1 N–H and O–H groups in total. The monoisotopic (exact) mass is 141 g/mol. The summed E-state index contributed by atoms with van der Waals surface area (Å²) in [6.45, 7) is 5.44. The summed E-state index contributed by atoms with van der Waals surface area (Å²) in [6.07, 6.45) is 3.08. The van der Waals surface area contributed by atoms with Crippen molar-refractivity contribution < 1.29 is 4.79 Å². The summed E-state index contributed by atoms with van der Waals surface area (Å²) in [5.41, 5.74) is 0. The first-order valence-corrected chi connectivity index (χ1v) is 3.57. The van der Waals surface area contributed by atoms with Crippen molar-refractivity contribution in [3.8, 4) is 0 Å². The van der Waals surface area contributed by atoms with Gasteiger partial charge in [0.25, 0.3) is 0 Å². The number of rotatable bonds is 5. The van der Waals surface area contributed by atoms with E-state index in [1.54, 1.807) is 13.1 Å². The Morgan fingerprint density at radius 2 is 2.40 bits per heavy atom. The van der Waals surface area contributed by atoms with Crippen LogP contribution in [0.5, 0.6) is 0 Å². The third kappa shape index (κ3) is 2.78. The minimum Gasteiger partial charge on any atom is -0.310 e. The highest BCUT2D eigenvalue weighted by Gasteiger charge is 2.10. The Bertz CT molecular complexity index is 120. The highest BCUT2D eigenvalue weighted by atomic mass is 16.1. The first-order chi connectivity index (χ1) is 4.76. The number of carbonyl (C=O) groups is 1. The average Bonchev–Trinajstić information content (AvgIpc) is 1.99. The van der Waals surface area contributed by atoms with Crippen LogP contribution in [-0.2, 0) is 4.79 Å². The molecule has 0 saturated heterocycles. The predicted molar refractivity (Wildman–Crippen MR) is 43.0 cm³/mol. The van der Waals surface area contributed by atoms with Gasteiger partial charge in [-0.05, 0) is 13.5 Å². The van der Waals surface area contributed by atoms with Gasteiger partial charge in [-0.15, -0.1) is 6.58 Å². The normalized spacial score (nSPS) is 12.6. The number of hydrogen-bond acceptors (Lipinski definition) is 2. The summed E-state index contributed by atoms with van der Waals surface area (Å²) in [5.74, 6) is 0.252. The molecule has 0 bridgehead atoms. The number of carbonyl (C=O) groups excluding carboxylic acids is 1. The molecule has 0 aromatic heterocycles. The minimum absolute atomic E-state index is 0.0255. The third-order valence-corrected chi connectivity index (χ3v) is 1.49. The molecule has 0 amide bonds. The molecule has 2 heteroatoms. The van der Waals surface area contributed by atoms with Crippen molar-refractivity contribution in [2.75, 3.05) is 7.05 Å². The molecule has 0 aliphatic heterocycles. The van der Waals surface area contributed by atoms with Gasteiger partial charge >= 0.3 is 0 Å². The topological polar surface area (TPSA) is 29.1 Å². The van der Waals surface area contributed by atoms with Gasteiger partial charge in [0.15, 0.2) is 0 Å². The Labute approximate surface area is 62.3 Å². The molecular formula is C8H15NO. The van der Waals surface area contributed by atoms with Crippen LogP contribution in [0.15, 0.2) is 12.7 Å². The van der Waals surface area contributed by atoms with Gasteiger partial charge in [0.2, 0.25) is 0 Å². The highest BCUT2D eigenvalue weighted by Crippen LogP contribution is 1.96. The van der Waals surface area contributed by atoms with Crippen LogP contribution < -0.4 is 5.32 Å². The van der Waals surface area contributed by atoms with E-state index in [9.17, 15) is 4.79 Å². The van der Waals surface area contributed by atoms with E-state index >= 15 is 0 Å². The summed E-state index contributed by atoms with van der Waals surface area (Å²) in [4.78, 5) is 11.0. The lowest BCUT2D eigenvalue weighted by Gasteiger charge is -2.10. The van der Waals surface area contributed by atoms with Gasteiger partial charge in [0.05, 0.1) is 6.04 Å². The lowest BCUT2D eigenvalue weighted by atomic mass is 10.1. The van der Waals surface area contributed by atoms with Crippen molar-refractivity contribution in [3.63, 3.8) is 0 Å². The van der Waals surface area contributed by atoms with E-state index in [1.165, 1.54) is 0 Å². The first kappa shape index (κ1) is 9.37. The fourth-order valence-corrected chi connectivity index (χ4v) is 0.823.